The molecule has 0 unspecified atom stereocenters. The SMILES string of the molecule is N#Cc1cc(-c2ccc(-c3ccc4c5ccc(-c6ccccc6)cc5n(-c5ccccc5)c4c3)cc2)ccn1. The molecule has 0 fully saturated rings. The van der Waals surface area contributed by atoms with Gasteiger partial charge in [0.25, 0.3) is 0 Å². The van der Waals surface area contributed by atoms with Gasteiger partial charge < -0.3 is 4.57 Å². The van der Waals surface area contributed by atoms with Crippen LogP contribution in [-0.2, 0) is 0 Å². The minimum Gasteiger partial charge on any atom is -0.309 e. The molecule has 0 spiro atoms. The fourth-order valence-corrected chi connectivity index (χ4v) is 5.39. The fourth-order valence-electron chi connectivity index (χ4n) is 5.39. The zero-order valence-corrected chi connectivity index (χ0v) is 21.1. The Morgan fingerprint density at radius 2 is 0.974 bits per heavy atom. The molecule has 3 heteroatoms. The van der Waals surface area contributed by atoms with E-state index in [1.54, 1.807) is 6.20 Å². The van der Waals surface area contributed by atoms with Crippen LogP contribution in [0.15, 0.2) is 140 Å². The maximum atomic E-state index is 9.20. The predicted molar refractivity (Wildman–Crippen MR) is 160 cm³/mol. The van der Waals surface area contributed by atoms with E-state index in [1.165, 1.54) is 32.9 Å². The Balaban J connectivity index is 1.38. The van der Waals surface area contributed by atoms with Gasteiger partial charge in [-0.05, 0) is 69.8 Å². The van der Waals surface area contributed by atoms with Gasteiger partial charge in [-0.3, -0.25) is 0 Å². The molecule has 7 aromatic rings. The van der Waals surface area contributed by atoms with Gasteiger partial charge >= 0.3 is 0 Å². The van der Waals surface area contributed by atoms with E-state index in [0.29, 0.717) is 5.69 Å². The molecular formula is C36H23N3. The summed E-state index contributed by atoms with van der Waals surface area (Å²) >= 11 is 0. The van der Waals surface area contributed by atoms with E-state index >= 15 is 0 Å². The van der Waals surface area contributed by atoms with Gasteiger partial charge in [0.2, 0.25) is 0 Å². The number of nitrogens with zero attached hydrogens (tertiary/aromatic N) is 3. The van der Waals surface area contributed by atoms with Crippen LogP contribution in [0.25, 0.3) is 60.9 Å². The summed E-state index contributed by atoms with van der Waals surface area (Å²) in [5.41, 5.74) is 10.7. The highest BCUT2D eigenvalue weighted by molar-refractivity contribution is 6.11. The average molecular weight is 498 g/mol. The van der Waals surface area contributed by atoms with Crippen LogP contribution in [0, 0.1) is 11.3 Å². The molecule has 2 aromatic heterocycles. The molecule has 0 aliphatic carbocycles. The zero-order chi connectivity index (χ0) is 26.2. The zero-order valence-electron chi connectivity index (χ0n) is 21.1. The predicted octanol–water partition coefficient (Wildman–Crippen LogP) is 9.05. The molecule has 0 aliphatic rings. The molecule has 2 heterocycles. The van der Waals surface area contributed by atoms with Gasteiger partial charge in [0.15, 0.2) is 0 Å². The Morgan fingerprint density at radius 3 is 1.54 bits per heavy atom. The summed E-state index contributed by atoms with van der Waals surface area (Å²) in [7, 11) is 0. The normalized spacial score (nSPS) is 11.1. The average Bonchev–Trinajstić information content (AvgIpc) is 3.35. The summed E-state index contributed by atoms with van der Waals surface area (Å²) in [4.78, 5) is 4.09. The molecule has 0 aliphatic heterocycles. The van der Waals surface area contributed by atoms with Crippen molar-refractivity contribution in [2.24, 2.45) is 0 Å². The van der Waals surface area contributed by atoms with Gasteiger partial charge in [0, 0.05) is 22.7 Å². The maximum absolute atomic E-state index is 9.20. The number of fused-ring (bicyclic) bond motifs is 3. The maximum Gasteiger partial charge on any atom is 0.141 e. The van der Waals surface area contributed by atoms with Crippen LogP contribution in [0.5, 0.6) is 0 Å². The molecule has 0 atom stereocenters. The van der Waals surface area contributed by atoms with Gasteiger partial charge in [-0.2, -0.15) is 5.26 Å². The van der Waals surface area contributed by atoms with E-state index < -0.39 is 0 Å². The number of nitriles is 1. The fraction of sp³-hybridized carbons (Fsp3) is 0. The third-order valence-corrected chi connectivity index (χ3v) is 7.32. The smallest absolute Gasteiger partial charge is 0.141 e. The van der Waals surface area contributed by atoms with E-state index in [2.05, 4.69) is 137 Å². The Morgan fingerprint density at radius 1 is 0.487 bits per heavy atom. The van der Waals surface area contributed by atoms with Gasteiger partial charge in [0.1, 0.15) is 11.8 Å². The molecule has 182 valence electrons. The number of pyridine rings is 1. The molecule has 0 saturated heterocycles. The summed E-state index contributed by atoms with van der Waals surface area (Å²) < 4.78 is 2.37. The minimum atomic E-state index is 0.422. The van der Waals surface area contributed by atoms with E-state index in [0.717, 1.165) is 27.9 Å². The Hall–Kier alpha value is -5.46. The number of benzene rings is 5. The van der Waals surface area contributed by atoms with Crippen LogP contribution >= 0.6 is 0 Å². The second-order valence-corrected chi connectivity index (χ2v) is 9.62. The molecule has 0 amide bonds. The summed E-state index contributed by atoms with van der Waals surface area (Å²) in [5, 5.41) is 11.7. The number of rotatable bonds is 4. The molecule has 0 bridgehead atoms. The molecule has 3 nitrogen and oxygen atoms in total. The highest BCUT2D eigenvalue weighted by atomic mass is 15.0. The standard InChI is InChI=1S/C36H23N3/c37-24-31-21-30(19-20-38-31)27-13-11-26(12-14-27)29-16-18-34-33-17-15-28(25-7-3-1-4-8-25)22-35(33)39(36(34)23-29)32-9-5-2-6-10-32/h1-23H. The molecule has 5 aromatic carbocycles. The third kappa shape index (κ3) is 4.05. The van der Waals surface area contributed by atoms with Crippen LogP contribution in [-0.4, -0.2) is 9.55 Å². The Kier molecular flexibility index (Phi) is 5.50. The summed E-state index contributed by atoms with van der Waals surface area (Å²) in [6, 6.07) is 49.0. The van der Waals surface area contributed by atoms with Crippen molar-refractivity contribution in [2.45, 2.75) is 0 Å². The van der Waals surface area contributed by atoms with Crippen molar-refractivity contribution in [3.05, 3.63) is 145 Å². The van der Waals surface area contributed by atoms with Crippen LogP contribution in [0.2, 0.25) is 0 Å². The quantitative estimate of drug-likeness (QED) is 0.243. The lowest BCUT2D eigenvalue weighted by Crippen LogP contribution is -1.93. The number of hydrogen-bond donors (Lipinski definition) is 0. The lowest BCUT2D eigenvalue weighted by molar-refractivity contribution is 1.18. The highest BCUT2D eigenvalue weighted by Gasteiger charge is 2.14. The first-order valence-electron chi connectivity index (χ1n) is 12.9. The highest BCUT2D eigenvalue weighted by Crippen LogP contribution is 2.37. The Bertz CT molecular complexity index is 2000. The number of hydrogen-bond acceptors (Lipinski definition) is 2. The first kappa shape index (κ1) is 22.7. The molecule has 0 saturated carbocycles. The van der Waals surface area contributed by atoms with E-state index in [9.17, 15) is 5.26 Å². The van der Waals surface area contributed by atoms with Crippen LogP contribution in [0.1, 0.15) is 5.69 Å². The Labute approximate surface area is 226 Å². The molecule has 0 N–H and O–H groups in total. The molecular weight excluding hydrogens is 474 g/mol. The lowest BCUT2D eigenvalue weighted by atomic mass is 9.99. The molecule has 0 radical (unpaired) electrons. The van der Waals surface area contributed by atoms with Gasteiger partial charge in [0.05, 0.1) is 11.0 Å². The van der Waals surface area contributed by atoms with Gasteiger partial charge in [-0.25, -0.2) is 4.98 Å². The van der Waals surface area contributed by atoms with E-state index in [-0.39, 0.29) is 0 Å². The monoisotopic (exact) mass is 497 g/mol. The van der Waals surface area contributed by atoms with Crippen LogP contribution < -0.4 is 0 Å². The third-order valence-electron chi connectivity index (χ3n) is 7.32. The van der Waals surface area contributed by atoms with Crippen molar-refractivity contribution in [3.63, 3.8) is 0 Å². The molecule has 7 rings (SSSR count). The van der Waals surface area contributed by atoms with Crippen molar-refractivity contribution in [2.75, 3.05) is 0 Å². The van der Waals surface area contributed by atoms with Crippen molar-refractivity contribution in [1.29, 1.82) is 5.26 Å². The van der Waals surface area contributed by atoms with Gasteiger partial charge in [-0.15, -0.1) is 0 Å². The van der Waals surface area contributed by atoms with E-state index in [4.69, 9.17) is 0 Å². The van der Waals surface area contributed by atoms with E-state index in [1.807, 2.05) is 12.1 Å². The second-order valence-electron chi connectivity index (χ2n) is 9.62. The lowest BCUT2D eigenvalue weighted by Gasteiger charge is -2.10. The molecule has 39 heavy (non-hydrogen) atoms. The van der Waals surface area contributed by atoms with Crippen molar-refractivity contribution in [1.82, 2.24) is 9.55 Å². The number of para-hydroxylation sites is 1. The van der Waals surface area contributed by atoms with Crippen molar-refractivity contribution in [3.8, 4) is 45.1 Å². The second kappa shape index (κ2) is 9.45. The number of aromatic nitrogens is 2. The van der Waals surface area contributed by atoms with Crippen LogP contribution in [0.4, 0.5) is 0 Å². The van der Waals surface area contributed by atoms with Crippen molar-refractivity contribution < 1.29 is 0 Å². The minimum absolute atomic E-state index is 0.422. The summed E-state index contributed by atoms with van der Waals surface area (Å²) in [6.07, 6.45) is 1.68. The first-order chi connectivity index (χ1) is 19.3. The largest absolute Gasteiger partial charge is 0.309 e. The summed E-state index contributed by atoms with van der Waals surface area (Å²) in [6.45, 7) is 0. The van der Waals surface area contributed by atoms with Gasteiger partial charge in [-0.1, -0.05) is 97.1 Å². The topological polar surface area (TPSA) is 41.6 Å². The summed E-state index contributed by atoms with van der Waals surface area (Å²) in [5.74, 6) is 0. The van der Waals surface area contributed by atoms with Crippen LogP contribution in [0.3, 0.4) is 0 Å². The van der Waals surface area contributed by atoms with Crippen molar-refractivity contribution >= 4 is 21.8 Å². The first-order valence-corrected chi connectivity index (χ1v) is 12.9.